The summed E-state index contributed by atoms with van der Waals surface area (Å²) in [4.78, 5) is 0. The van der Waals surface area contributed by atoms with Gasteiger partial charge in [-0.1, -0.05) is 12.8 Å². The third-order valence-corrected chi connectivity index (χ3v) is 7.58. The van der Waals surface area contributed by atoms with Gasteiger partial charge in [-0.2, -0.15) is 16.8 Å². The van der Waals surface area contributed by atoms with E-state index in [1.807, 2.05) is 0 Å². The van der Waals surface area contributed by atoms with Gasteiger partial charge in [0.25, 0.3) is 20.2 Å². The van der Waals surface area contributed by atoms with Crippen LogP contribution in [0.5, 0.6) is 0 Å². The van der Waals surface area contributed by atoms with Gasteiger partial charge in [-0.15, -0.1) is 0 Å². The molecular weight excluding hydrogens is 360 g/mol. The quantitative estimate of drug-likeness (QED) is 0.237. The average molecular weight is 391 g/mol. The maximum Gasteiger partial charge on any atom is 0.270 e. The fraction of sp³-hybridized carbons (Fsp3) is 1.00. The van der Waals surface area contributed by atoms with E-state index in [2.05, 4.69) is 0 Å². The molecule has 146 valence electrons. The molecule has 0 aliphatic carbocycles. The van der Waals surface area contributed by atoms with Crippen LogP contribution in [0.15, 0.2) is 0 Å². The van der Waals surface area contributed by atoms with Crippen molar-refractivity contribution in [2.75, 3.05) is 0 Å². The zero-order chi connectivity index (χ0) is 19.4. The lowest BCUT2D eigenvalue weighted by Crippen LogP contribution is -2.36. The van der Waals surface area contributed by atoms with Gasteiger partial charge in [0.05, 0.1) is 9.49 Å². The highest BCUT2D eigenvalue weighted by atomic mass is 32.2. The van der Waals surface area contributed by atoms with Gasteiger partial charge in [-0.05, 0) is 47.0 Å². The second kappa shape index (κ2) is 7.96. The van der Waals surface area contributed by atoms with Crippen molar-refractivity contribution in [3.05, 3.63) is 0 Å². The van der Waals surface area contributed by atoms with Crippen LogP contribution >= 0.6 is 0 Å². The summed E-state index contributed by atoms with van der Waals surface area (Å²) < 4.78 is 60.0. The lowest BCUT2D eigenvalue weighted by Gasteiger charge is -2.27. The summed E-state index contributed by atoms with van der Waals surface area (Å²) in [5, 5.41) is 19.8. The van der Waals surface area contributed by atoms with E-state index < -0.39 is 35.5 Å². The molecule has 0 spiro atoms. The van der Waals surface area contributed by atoms with Crippen molar-refractivity contribution in [2.24, 2.45) is 0 Å². The van der Waals surface area contributed by atoms with E-state index in [4.69, 9.17) is 9.11 Å². The molecule has 0 unspecified atom stereocenters. The van der Waals surface area contributed by atoms with E-state index >= 15 is 0 Å². The average Bonchev–Trinajstić information content (AvgIpc) is 2.33. The van der Waals surface area contributed by atoms with Crippen LogP contribution in [0, 0.1) is 0 Å². The Hall–Kier alpha value is -0.260. The molecule has 0 aliphatic heterocycles. The molecule has 4 N–H and O–H groups in total. The van der Waals surface area contributed by atoms with E-state index in [-0.39, 0.29) is 25.7 Å². The molecular formula is C14H30O8S2. The zero-order valence-corrected chi connectivity index (χ0v) is 16.3. The van der Waals surface area contributed by atoms with Gasteiger partial charge in [-0.3, -0.25) is 9.11 Å². The highest BCUT2D eigenvalue weighted by Gasteiger charge is 2.36. The monoisotopic (exact) mass is 390 g/mol. The lowest BCUT2D eigenvalue weighted by atomic mass is 9.96. The molecule has 10 heteroatoms. The molecule has 0 aromatic heterocycles. The van der Waals surface area contributed by atoms with E-state index in [9.17, 15) is 27.0 Å². The van der Waals surface area contributed by atoms with Gasteiger partial charge in [0.1, 0.15) is 0 Å². The van der Waals surface area contributed by atoms with Crippen molar-refractivity contribution in [1.29, 1.82) is 0 Å². The highest BCUT2D eigenvalue weighted by Crippen LogP contribution is 2.28. The van der Waals surface area contributed by atoms with Crippen molar-refractivity contribution < 1.29 is 36.2 Å². The molecule has 0 saturated heterocycles. The van der Waals surface area contributed by atoms with Crippen molar-refractivity contribution in [3.63, 3.8) is 0 Å². The normalized spacial score (nSPS) is 14.8. The fourth-order valence-corrected chi connectivity index (χ4v) is 2.78. The SMILES string of the molecule is CC(C)(CCCCCC(O)(O)CCC(C)(C)S(=O)(=O)O)S(=O)(=O)O. The second-order valence-electron chi connectivity index (χ2n) is 7.51. The number of hydrogen-bond acceptors (Lipinski definition) is 6. The summed E-state index contributed by atoms with van der Waals surface area (Å²) in [6.07, 6.45) is 1.33. The summed E-state index contributed by atoms with van der Waals surface area (Å²) in [6, 6.07) is 0. The first-order chi connectivity index (χ1) is 10.4. The molecule has 0 aliphatic rings. The Morgan fingerprint density at radius 1 is 0.625 bits per heavy atom. The number of aliphatic hydroxyl groups is 2. The first-order valence-corrected chi connectivity index (χ1v) is 10.7. The van der Waals surface area contributed by atoms with Crippen LogP contribution in [0.2, 0.25) is 0 Å². The third kappa shape index (κ3) is 7.75. The smallest absolute Gasteiger partial charge is 0.270 e. The van der Waals surface area contributed by atoms with Crippen LogP contribution in [0.25, 0.3) is 0 Å². The van der Waals surface area contributed by atoms with Gasteiger partial charge < -0.3 is 10.2 Å². The van der Waals surface area contributed by atoms with Crippen molar-refractivity contribution in [2.45, 2.75) is 87.9 Å². The minimum absolute atomic E-state index is 0.000853. The topological polar surface area (TPSA) is 149 Å². The standard InChI is InChI=1S/C14H30O8S2/c1-12(2,23(17,18)19)8-6-5-7-9-14(15,16)11-10-13(3,4)24(20,21)22/h15-16H,5-11H2,1-4H3,(H,17,18,19)(H,20,21,22). The molecule has 0 radical (unpaired) electrons. The summed E-state index contributed by atoms with van der Waals surface area (Å²) in [7, 11) is -8.42. The molecule has 0 amide bonds. The Balaban J connectivity index is 4.28. The van der Waals surface area contributed by atoms with Crippen LogP contribution in [0.4, 0.5) is 0 Å². The van der Waals surface area contributed by atoms with Gasteiger partial charge in [-0.25, -0.2) is 0 Å². The Labute approximate surface area is 144 Å². The van der Waals surface area contributed by atoms with E-state index in [0.29, 0.717) is 19.3 Å². The second-order valence-corrected chi connectivity index (χ2v) is 11.6. The maximum atomic E-state index is 11.2. The lowest BCUT2D eigenvalue weighted by molar-refractivity contribution is -0.172. The number of hydrogen-bond donors (Lipinski definition) is 4. The molecule has 0 aromatic rings. The summed E-state index contributed by atoms with van der Waals surface area (Å²) in [5.74, 6) is -2.06. The minimum Gasteiger partial charge on any atom is -0.366 e. The van der Waals surface area contributed by atoms with Crippen LogP contribution in [0.3, 0.4) is 0 Å². The van der Waals surface area contributed by atoms with Gasteiger partial charge in [0.15, 0.2) is 5.79 Å². The fourth-order valence-electron chi connectivity index (χ4n) is 2.02. The van der Waals surface area contributed by atoms with Crippen LogP contribution in [-0.2, 0) is 20.2 Å². The summed E-state index contributed by atoms with van der Waals surface area (Å²) >= 11 is 0. The summed E-state index contributed by atoms with van der Waals surface area (Å²) in [6.45, 7) is 5.44. The zero-order valence-electron chi connectivity index (χ0n) is 14.7. The van der Waals surface area contributed by atoms with Crippen molar-refractivity contribution >= 4 is 20.2 Å². The van der Waals surface area contributed by atoms with Crippen molar-refractivity contribution in [1.82, 2.24) is 0 Å². The molecule has 0 atom stereocenters. The van der Waals surface area contributed by atoms with Gasteiger partial charge in [0.2, 0.25) is 0 Å². The largest absolute Gasteiger partial charge is 0.366 e. The number of unbranched alkanes of at least 4 members (excludes halogenated alkanes) is 2. The van der Waals surface area contributed by atoms with E-state index in [0.717, 1.165) is 0 Å². The van der Waals surface area contributed by atoms with Crippen LogP contribution in [0.1, 0.15) is 72.6 Å². The Kier molecular flexibility index (Phi) is 7.88. The van der Waals surface area contributed by atoms with E-state index in [1.54, 1.807) is 0 Å². The first kappa shape index (κ1) is 23.7. The van der Waals surface area contributed by atoms with Crippen molar-refractivity contribution in [3.8, 4) is 0 Å². The van der Waals surface area contributed by atoms with Gasteiger partial charge in [0, 0.05) is 12.8 Å². The maximum absolute atomic E-state index is 11.2. The Morgan fingerprint density at radius 3 is 1.42 bits per heavy atom. The molecule has 0 bridgehead atoms. The Morgan fingerprint density at radius 2 is 1.00 bits per heavy atom. The van der Waals surface area contributed by atoms with Crippen LogP contribution < -0.4 is 0 Å². The Bertz CT molecular complexity index is 603. The molecule has 0 rings (SSSR count). The highest BCUT2D eigenvalue weighted by molar-refractivity contribution is 7.87. The van der Waals surface area contributed by atoms with Gasteiger partial charge >= 0.3 is 0 Å². The molecule has 0 heterocycles. The molecule has 0 saturated carbocycles. The van der Waals surface area contributed by atoms with E-state index in [1.165, 1.54) is 27.7 Å². The minimum atomic E-state index is -4.29. The predicted octanol–water partition coefficient (Wildman–Crippen LogP) is 1.73. The molecule has 0 fully saturated rings. The summed E-state index contributed by atoms with van der Waals surface area (Å²) in [5.41, 5.74) is 0. The van der Waals surface area contributed by atoms with Crippen LogP contribution in [-0.4, -0.2) is 51.4 Å². The molecule has 24 heavy (non-hydrogen) atoms. The predicted molar refractivity (Wildman–Crippen MR) is 90.7 cm³/mol. The number of rotatable bonds is 11. The molecule has 8 nitrogen and oxygen atoms in total. The first-order valence-electron chi connectivity index (χ1n) is 7.80. The third-order valence-electron chi connectivity index (χ3n) is 4.38. The molecule has 0 aromatic carbocycles.